The Morgan fingerprint density at radius 3 is 2.84 bits per heavy atom. The molecule has 4 nitrogen and oxygen atoms in total. The molecule has 0 radical (unpaired) electrons. The van der Waals surface area contributed by atoms with Crippen LogP contribution < -0.4 is 14.8 Å². The Hall–Kier alpha value is -1.26. The van der Waals surface area contributed by atoms with Crippen LogP contribution in [0.3, 0.4) is 0 Å². The van der Waals surface area contributed by atoms with Crippen molar-refractivity contribution in [2.45, 2.75) is 19.4 Å². The van der Waals surface area contributed by atoms with E-state index in [1.807, 2.05) is 12.1 Å². The molecule has 0 aliphatic carbocycles. The number of rotatable bonds is 6. The van der Waals surface area contributed by atoms with Crippen LogP contribution in [0.15, 0.2) is 18.2 Å². The summed E-state index contributed by atoms with van der Waals surface area (Å²) >= 11 is 0. The highest BCUT2D eigenvalue weighted by Crippen LogP contribution is 2.29. The van der Waals surface area contributed by atoms with E-state index in [9.17, 15) is 0 Å². The summed E-state index contributed by atoms with van der Waals surface area (Å²) in [4.78, 5) is 0. The van der Waals surface area contributed by atoms with Gasteiger partial charge < -0.3 is 19.5 Å². The van der Waals surface area contributed by atoms with E-state index in [1.165, 1.54) is 0 Å². The van der Waals surface area contributed by atoms with Crippen molar-refractivity contribution in [1.29, 1.82) is 0 Å². The second-order valence-electron chi connectivity index (χ2n) is 4.97. The maximum absolute atomic E-state index is 5.44. The Morgan fingerprint density at radius 2 is 2.21 bits per heavy atom. The van der Waals surface area contributed by atoms with Gasteiger partial charge in [-0.15, -0.1) is 0 Å². The second-order valence-corrected chi connectivity index (χ2v) is 4.97. The fourth-order valence-electron chi connectivity index (χ4n) is 2.37. The first-order valence-electron chi connectivity index (χ1n) is 6.77. The average Bonchev–Trinajstić information content (AvgIpc) is 2.97. The van der Waals surface area contributed by atoms with Gasteiger partial charge in [-0.2, -0.15) is 0 Å². The van der Waals surface area contributed by atoms with Gasteiger partial charge in [-0.3, -0.25) is 0 Å². The summed E-state index contributed by atoms with van der Waals surface area (Å²) in [6.07, 6.45) is 1.15. The van der Waals surface area contributed by atoms with E-state index in [0.29, 0.717) is 5.92 Å². The van der Waals surface area contributed by atoms with Crippen LogP contribution in [0.1, 0.15) is 24.9 Å². The molecule has 0 amide bonds. The summed E-state index contributed by atoms with van der Waals surface area (Å²) in [6.45, 7) is 4.91. The van der Waals surface area contributed by atoms with Gasteiger partial charge in [0.15, 0.2) is 0 Å². The highest BCUT2D eigenvalue weighted by atomic mass is 16.5. The molecule has 1 saturated heterocycles. The van der Waals surface area contributed by atoms with Crippen molar-refractivity contribution in [2.24, 2.45) is 5.92 Å². The molecule has 1 aromatic rings. The predicted molar refractivity (Wildman–Crippen MR) is 74.9 cm³/mol. The molecule has 0 saturated carbocycles. The summed E-state index contributed by atoms with van der Waals surface area (Å²) in [5.41, 5.74) is 1.15. The maximum atomic E-state index is 5.44. The van der Waals surface area contributed by atoms with E-state index in [-0.39, 0.29) is 6.04 Å². The van der Waals surface area contributed by atoms with Gasteiger partial charge >= 0.3 is 0 Å². The Balaban J connectivity index is 1.98. The Kier molecular flexibility index (Phi) is 5.05. The third kappa shape index (κ3) is 3.61. The molecular formula is C15H23NO3. The molecule has 0 bridgehead atoms. The lowest BCUT2D eigenvalue weighted by molar-refractivity contribution is 0.184. The van der Waals surface area contributed by atoms with Crippen molar-refractivity contribution in [3.05, 3.63) is 23.8 Å². The molecule has 0 aromatic heterocycles. The van der Waals surface area contributed by atoms with Crippen molar-refractivity contribution in [2.75, 3.05) is 34.0 Å². The van der Waals surface area contributed by atoms with Gasteiger partial charge in [-0.1, -0.05) is 6.07 Å². The first-order valence-corrected chi connectivity index (χ1v) is 6.77. The molecule has 4 heteroatoms. The molecule has 1 aliphatic rings. The zero-order chi connectivity index (χ0) is 13.7. The molecule has 106 valence electrons. The number of benzene rings is 1. The van der Waals surface area contributed by atoms with Gasteiger partial charge in [0.2, 0.25) is 0 Å². The molecule has 19 heavy (non-hydrogen) atoms. The minimum Gasteiger partial charge on any atom is -0.497 e. The third-order valence-corrected chi connectivity index (χ3v) is 3.64. The van der Waals surface area contributed by atoms with Crippen LogP contribution in [0.2, 0.25) is 0 Å². The average molecular weight is 265 g/mol. The fourth-order valence-corrected chi connectivity index (χ4v) is 2.37. The third-order valence-electron chi connectivity index (χ3n) is 3.64. The van der Waals surface area contributed by atoms with Crippen molar-refractivity contribution in [3.8, 4) is 11.5 Å². The van der Waals surface area contributed by atoms with Gasteiger partial charge in [-0.25, -0.2) is 0 Å². The van der Waals surface area contributed by atoms with Crippen molar-refractivity contribution in [3.63, 3.8) is 0 Å². The summed E-state index contributed by atoms with van der Waals surface area (Å²) in [5, 5.41) is 3.55. The van der Waals surface area contributed by atoms with Crippen LogP contribution in [0, 0.1) is 5.92 Å². The van der Waals surface area contributed by atoms with E-state index in [0.717, 1.165) is 43.2 Å². The fraction of sp³-hybridized carbons (Fsp3) is 0.600. The largest absolute Gasteiger partial charge is 0.497 e. The van der Waals surface area contributed by atoms with Gasteiger partial charge in [-0.05, 0) is 25.3 Å². The topological polar surface area (TPSA) is 39.7 Å². The molecule has 2 atom stereocenters. The van der Waals surface area contributed by atoms with Crippen LogP contribution >= 0.6 is 0 Å². The molecule has 1 aromatic carbocycles. The predicted octanol–water partition coefficient (Wildman–Crippen LogP) is 2.39. The molecular weight excluding hydrogens is 242 g/mol. The number of nitrogens with one attached hydrogen (secondary N) is 1. The summed E-state index contributed by atoms with van der Waals surface area (Å²) in [7, 11) is 3.35. The van der Waals surface area contributed by atoms with Gasteiger partial charge in [0.1, 0.15) is 11.5 Å². The summed E-state index contributed by atoms with van der Waals surface area (Å²) in [5.74, 6) is 2.31. The van der Waals surface area contributed by atoms with E-state index < -0.39 is 0 Å². The molecule has 1 aliphatic heterocycles. The van der Waals surface area contributed by atoms with Gasteiger partial charge in [0.05, 0.1) is 20.8 Å². The number of ether oxygens (including phenoxy) is 3. The molecule has 1 fully saturated rings. The zero-order valence-corrected chi connectivity index (χ0v) is 11.9. The lowest BCUT2D eigenvalue weighted by Crippen LogP contribution is -2.26. The Labute approximate surface area is 115 Å². The van der Waals surface area contributed by atoms with Crippen molar-refractivity contribution < 1.29 is 14.2 Å². The summed E-state index contributed by atoms with van der Waals surface area (Å²) in [6, 6.07) is 6.20. The Morgan fingerprint density at radius 1 is 1.37 bits per heavy atom. The second kappa shape index (κ2) is 6.78. The van der Waals surface area contributed by atoms with Crippen LogP contribution in [-0.2, 0) is 4.74 Å². The van der Waals surface area contributed by atoms with Crippen molar-refractivity contribution >= 4 is 0 Å². The van der Waals surface area contributed by atoms with E-state index in [4.69, 9.17) is 14.2 Å². The van der Waals surface area contributed by atoms with Crippen LogP contribution in [0.5, 0.6) is 11.5 Å². The lowest BCUT2D eigenvalue weighted by Gasteiger charge is -2.19. The van der Waals surface area contributed by atoms with Crippen molar-refractivity contribution in [1.82, 2.24) is 5.32 Å². The quantitative estimate of drug-likeness (QED) is 0.857. The monoisotopic (exact) mass is 265 g/mol. The highest BCUT2D eigenvalue weighted by molar-refractivity contribution is 5.42. The molecule has 1 heterocycles. The van der Waals surface area contributed by atoms with E-state index >= 15 is 0 Å². The number of hydrogen-bond donors (Lipinski definition) is 1. The van der Waals surface area contributed by atoms with Gasteiger partial charge in [0.25, 0.3) is 0 Å². The van der Waals surface area contributed by atoms with Crippen LogP contribution in [0.4, 0.5) is 0 Å². The first-order chi connectivity index (χ1) is 9.24. The maximum Gasteiger partial charge on any atom is 0.127 e. The molecule has 2 unspecified atom stereocenters. The highest BCUT2D eigenvalue weighted by Gasteiger charge is 2.18. The smallest absolute Gasteiger partial charge is 0.127 e. The van der Waals surface area contributed by atoms with Crippen LogP contribution in [0.25, 0.3) is 0 Å². The zero-order valence-electron chi connectivity index (χ0n) is 11.9. The first kappa shape index (κ1) is 14.2. The number of methoxy groups -OCH3 is 2. The van der Waals surface area contributed by atoms with Gasteiger partial charge in [0, 0.05) is 30.8 Å². The minimum absolute atomic E-state index is 0.251. The normalized spacial score (nSPS) is 20.3. The lowest BCUT2D eigenvalue weighted by atomic mass is 10.0. The molecule has 1 N–H and O–H groups in total. The van der Waals surface area contributed by atoms with Crippen LogP contribution in [-0.4, -0.2) is 34.0 Å². The molecule has 2 rings (SSSR count). The number of hydrogen-bond acceptors (Lipinski definition) is 4. The summed E-state index contributed by atoms with van der Waals surface area (Å²) < 4.78 is 16.0. The van der Waals surface area contributed by atoms with E-state index in [1.54, 1.807) is 14.2 Å². The minimum atomic E-state index is 0.251. The molecule has 0 spiro atoms. The standard InChI is InChI=1S/C15H23NO3/c1-11(16-9-12-6-7-19-10-12)14-5-4-13(17-2)8-15(14)18-3/h4-5,8,11-12,16H,6-7,9-10H2,1-3H3. The SMILES string of the molecule is COc1ccc(C(C)NCC2CCOC2)c(OC)c1. The van der Waals surface area contributed by atoms with E-state index in [2.05, 4.69) is 18.3 Å². The Bertz CT molecular complexity index is 402.